The molecule has 0 saturated heterocycles. The lowest BCUT2D eigenvalue weighted by Crippen LogP contribution is -2.38. The molecule has 0 bridgehead atoms. The molecular formula is C41H45N9O2. The number of aromatic amines is 2. The molecule has 0 fully saturated rings. The number of nitrogens with zero attached hydrogens (tertiary/aromatic N) is 5. The third kappa shape index (κ3) is 8.51. The van der Waals surface area contributed by atoms with E-state index in [1.54, 1.807) is 22.2 Å². The maximum absolute atomic E-state index is 13.3. The minimum atomic E-state index is -0.728. The summed E-state index contributed by atoms with van der Waals surface area (Å²) in [6, 6.07) is 29.5. The number of nitrogens with one attached hydrogen (secondary N) is 2. The third-order valence-electron chi connectivity index (χ3n) is 8.96. The summed E-state index contributed by atoms with van der Waals surface area (Å²) in [6.07, 6.45) is 6.98. The van der Waals surface area contributed by atoms with Gasteiger partial charge in [0, 0.05) is 30.4 Å². The lowest BCUT2D eigenvalue weighted by atomic mass is 10.1. The van der Waals surface area contributed by atoms with E-state index in [0.29, 0.717) is 37.8 Å². The van der Waals surface area contributed by atoms with Crippen LogP contribution in [0.1, 0.15) is 61.5 Å². The Morgan fingerprint density at radius 1 is 0.577 bits per heavy atom. The lowest BCUT2D eigenvalue weighted by Gasteiger charge is -2.24. The number of imidazole rings is 2. The number of pyridine rings is 1. The van der Waals surface area contributed by atoms with Crippen molar-refractivity contribution in [3.63, 3.8) is 0 Å². The Kier molecular flexibility index (Phi) is 11.6. The Balaban J connectivity index is 1.08. The number of rotatable bonds is 15. The van der Waals surface area contributed by atoms with Crippen LogP contribution in [-0.2, 0) is 22.7 Å². The summed E-state index contributed by atoms with van der Waals surface area (Å²) >= 11 is 0. The molecule has 266 valence electrons. The summed E-state index contributed by atoms with van der Waals surface area (Å²) in [5.74, 6) is 1.11. The normalized spacial score (nSPS) is 12.3. The van der Waals surface area contributed by atoms with Crippen molar-refractivity contribution in [3.05, 3.63) is 138 Å². The maximum atomic E-state index is 13.3. The zero-order valence-electron chi connectivity index (χ0n) is 29.6. The van der Waals surface area contributed by atoms with Crippen LogP contribution in [0.2, 0.25) is 0 Å². The summed E-state index contributed by atoms with van der Waals surface area (Å²) in [4.78, 5) is 50.6. The molecule has 52 heavy (non-hydrogen) atoms. The lowest BCUT2D eigenvalue weighted by molar-refractivity contribution is -0.134. The third-order valence-corrected chi connectivity index (χ3v) is 8.96. The van der Waals surface area contributed by atoms with Crippen LogP contribution in [0.25, 0.3) is 33.8 Å². The predicted octanol–water partition coefficient (Wildman–Crippen LogP) is 6.41. The maximum Gasteiger partial charge on any atom is 0.244 e. The van der Waals surface area contributed by atoms with Crippen molar-refractivity contribution in [2.24, 2.45) is 11.5 Å². The first-order valence-corrected chi connectivity index (χ1v) is 17.7. The van der Waals surface area contributed by atoms with Crippen LogP contribution in [0.15, 0.2) is 116 Å². The van der Waals surface area contributed by atoms with Gasteiger partial charge in [0.05, 0.1) is 42.6 Å². The quantitative estimate of drug-likeness (QED) is 0.0965. The van der Waals surface area contributed by atoms with Crippen LogP contribution in [-0.4, -0.2) is 59.6 Å². The predicted molar refractivity (Wildman–Crippen MR) is 203 cm³/mol. The molecule has 2 unspecified atom stereocenters. The van der Waals surface area contributed by atoms with Gasteiger partial charge in [-0.3, -0.25) is 14.6 Å². The Morgan fingerprint density at radius 2 is 1.02 bits per heavy atom. The van der Waals surface area contributed by atoms with Gasteiger partial charge in [-0.1, -0.05) is 98.8 Å². The van der Waals surface area contributed by atoms with Gasteiger partial charge in [0.15, 0.2) is 0 Å². The van der Waals surface area contributed by atoms with Crippen molar-refractivity contribution in [1.82, 2.24) is 34.7 Å². The standard InChI is InChI=1S/C41H45N9O2/c1-3-21-49(40(51)38(42)30-11-7-5-8-12-30)26-36-45-24-34(47-36)29-17-15-28(16-18-29)33-20-19-32(23-44-33)35-25-46-37(48-35)27-50(22-4-2)41(52)39(43)31-13-9-6-10-14-31/h5-20,23-25,38-39H,3-4,21-22,26-27,42-43H2,1-2H3,(H,45,47)(H,46,48). The van der Waals surface area contributed by atoms with E-state index in [2.05, 4.69) is 19.9 Å². The minimum Gasteiger partial charge on any atom is -0.341 e. The molecule has 6 rings (SSSR count). The number of hydrogen-bond acceptors (Lipinski definition) is 7. The van der Waals surface area contributed by atoms with Gasteiger partial charge in [0.25, 0.3) is 0 Å². The molecule has 2 amide bonds. The fourth-order valence-electron chi connectivity index (χ4n) is 6.16. The van der Waals surface area contributed by atoms with E-state index in [9.17, 15) is 9.59 Å². The summed E-state index contributed by atoms with van der Waals surface area (Å²) < 4.78 is 0. The first-order valence-electron chi connectivity index (χ1n) is 17.7. The van der Waals surface area contributed by atoms with Crippen LogP contribution in [0.5, 0.6) is 0 Å². The van der Waals surface area contributed by atoms with E-state index < -0.39 is 12.1 Å². The smallest absolute Gasteiger partial charge is 0.244 e. The van der Waals surface area contributed by atoms with E-state index in [1.165, 1.54) is 0 Å². The largest absolute Gasteiger partial charge is 0.341 e. The Bertz CT molecular complexity index is 1890. The monoisotopic (exact) mass is 695 g/mol. The van der Waals surface area contributed by atoms with Gasteiger partial charge in [0.1, 0.15) is 23.7 Å². The number of aromatic nitrogens is 5. The van der Waals surface area contributed by atoms with Crippen LogP contribution in [0, 0.1) is 0 Å². The molecule has 11 heteroatoms. The van der Waals surface area contributed by atoms with Crippen LogP contribution in [0.4, 0.5) is 0 Å². The van der Waals surface area contributed by atoms with Gasteiger partial charge < -0.3 is 31.2 Å². The van der Waals surface area contributed by atoms with Crippen molar-refractivity contribution >= 4 is 11.8 Å². The van der Waals surface area contributed by atoms with Gasteiger partial charge in [-0.15, -0.1) is 0 Å². The fourth-order valence-corrected chi connectivity index (χ4v) is 6.16. The average molecular weight is 696 g/mol. The topological polar surface area (TPSA) is 163 Å². The highest BCUT2D eigenvalue weighted by molar-refractivity contribution is 5.83. The summed E-state index contributed by atoms with van der Waals surface area (Å²) in [6.45, 7) is 5.91. The van der Waals surface area contributed by atoms with Crippen molar-refractivity contribution < 1.29 is 9.59 Å². The molecule has 3 aromatic carbocycles. The van der Waals surface area contributed by atoms with Crippen molar-refractivity contribution in [2.45, 2.75) is 51.9 Å². The van der Waals surface area contributed by atoms with Crippen molar-refractivity contribution in [1.29, 1.82) is 0 Å². The number of nitrogens with two attached hydrogens (primary N) is 2. The van der Waals surface area contributed by atoms with Crippen molar-refractivity contribution in [3.8, 4) is 33.8 Å². The number of H-pyrrole nitrogens is 2. The second-order valence-electron chi connectivity index (χ2n) is 12.8. The molecule has 0 saturated carbocycles. The van der Waals surface area contributed by atoms with Gasteiger partial charge in [0.2, 0.25) is 11.8 Å². The van der Waals surface area contributed by atoms with E-state index in [0.717, 1.165) is 57.7 Å². The molecule has 3 heterocycles. The Hall–Kier alpha value is -5.91. The highest BCUT2D eigenvalue weighted by Gasteiger charge is 2.24. The van der Waals surface area contributed by atoms with Gasteiger partial charge >= 0.3 is 0 Å². The number of carbonyl (C=O) groups excluding carboxylic acids is 2. The number of benzene rings is 3. The zero-order chi connectivity index (χ0) is 36.5. The zero-order valence-corrected chi connectivity index (χ0v) is 29.6. The Labute approximate surface area is 304 Å². The molecule has 6 N–H and O–H groups in total. The van der Waals surface area contributed by atoms with E-state index in [4.69, 9.17) is 16.5 Å². The Morgan fingerprint density at radius 3 is 1.46 bits per heavy atom. The number of amides is 2. The molecule has 0 spiro atoms. The van der Waals surface area contributed by atoms with Gasteiger partial charge in [-0.2, -0.15) is 0 Å². The molecular weight excluding hydrogens is 651 g/mol. The highest BCUT2D eigenvalue weighted by atomic mass is 16.2. The average Bonchev–Trinajstić information content (AvgIpc) is 3.87. The first-order chi connectivity index (χ1) is 25.3. The van der Waals surface area contributed by atoms with Crippen LogP contribution < -0.4 is 11.5 Å². The summed E-state index contributed by atoms with van der Waals surface area (Å²) in [5, 5.41) is 0. The molecule has 0 aliphatic heterocycles. The number of carbonyl (C=O) groups is 2. The van der Waals surface area contributed by atoms with Gasteiger partial charge in [-0.05, 0) is 41.7 Å². The second kappa shape index (κ2) is 16.9. The SMILES string of the molecule is CCCN(Cc1ncc(-c2ccc(-c3ccc(-c4cnc(CN(CCC)C(=O)C(N)c5ccccc5)[nH]4)cn3)cc2)[nH]1)C(=O)C(N)c1ccccc1. The van der Waals surface area contributed by atoms with E-state index in [1.807, 2.05) is 117 Å². The highest BCUT2D eigenvalue weighted by Crippen LogP contribution is 2.26. The summed E-state index contributed by atoms with van der Waals surface area (Å²) in [5.41, 5.74) is 19.6. The molecule has 0 radical (unpaired) electrons. The molecule has 11 nitrogen and oxygen atoms in total. The molecule has 2 atom stereocenters. The van der Waals surface area contributed by atoms with Crippen LogP contribution in [0.3, 0.4) is 0 Å². The van der Waals surface area contributed by atoms with E-state index >= 15 is 0 Å². The van der Waals surface area contributed by atoms with Crippen molar-refractivity contribution in [2.75, 3.05) is 13.1 Å². The molecule has 6 aromatic rings. The molecule has 0 aliphatic carbocycles. The second-order valence-corrected chi connectivity index (χ2v) is 12.8. The fraction of sp³-hybridized carbons (Fsp3) is 0.244. The van der Waals surface area contributed by atoms with Crippen LogP contribution >= 0.6 is 0 Å². The summed E-state index contributed by atoms with van der Waals surface area (Å²) in [7, 11) is 0. The first kappa shape index (κ1) is 35.9. The number of hydrogen-bond donors (Lipinski definition) is 4. The molecule has 3 aromatic heterocycles. The molecule has 0 aliphatic rings. The van der Waals surface area contributed by atoms with E-state index in [-0.39, 0.29) is 11.8 Å². The minimum absolute atomic E-state index is 0.128. The van der Waals surface area contributed by atoms with Gasteiger partial charge in [-0.25, -0.2) is 9.97 Å².